The number of fused-ring (bicyclic) bond motifs is 1. The summed E-state index contributed by atoms with van der Waals surface area (Å²) in [6.07, 6.45) is 2.83. The molecule has 0 fully saturated rings. The van der Waals surface area contributed by atoms with Crippen LogP contribution in [0.2, 0.25) is 0 Å². The van der Waals surface area contributed by atoms with Crippen LogP contribution in [0.3, 0.4) is 0 Å². The average Bonchev–Trinajstić information content (AvgIpc) is 2.62. The molecule has 1 aromatic heterocycles. The first-order chi connectivity index (χ1) is 6.72. The Morgan fingerprint density at radius 3 is 2.71 bits per heavy atom. The average molecular weight is 188 g/mol. The zero-order valence-corrected chi connectivity index (χ0v) is 9.00. The second kappa shape index (κ2) is 3.49. The van der Waals surface area contributed by atoms with Gasteiger partial charge >= 0.3 is 0 Å². The second-order valence-electron chi connectivity index (χ2n) is 4.02. The predicted octanol–water partition coefficient (Wildman–Crippen LogP) is 4.12. The van der Waals surface area contributed by atoms with E-state index in [9.17, 15) is 0 Å². The van der Waals surface area contributed by atoms with E-state index in [2.05, 4.69) is 32.9 Å². The fourth-order valence-corrected chi connectivity index (χ4v) is 1.91. The number of hydrogen-bond donors (Lipinski definition) is 0. The van der Waals surface area contributed by atoms with Crippen LogP contribution in [-0.2, 0) is 6.42 Å². The highest BCUT2D eigenvalue weighted by atomic mass is 16.3. The lowest BCUT2D eigenvalue weighted by molar-refractivity contribution is 0.615. The summed E-state index contributed by atoms with van der Waals surface area (Å²) in [5.41, 5.74) is 3.86. The maximum atomic E-state index is 5.40. The molecule has 0 saturated carbocycles. The Morgan fingerprint density at radius 1 is 1.29 bits per heavy atom. The highest BCUT2D eigenvalue weighted by Crippen LogP contribution is 2.26. The predicted molar refractivity (Wildman–Crippen MR) is 59.7 cm³/mol. The Morgan fingerprint density at radius 2 is 2.07 bits per heavy atom. The summed E-state index contributed by atoms with van der Waals surface area (Å²) in [5.74, 6) is 0.587. The highest BCUT2D eigenvalue weighted by molar-refractivity contribution is 5.79. The third-order valence-corrected chi connectivity index (χ3v) is 2.72. The van der Waals surface area contributed by atoms with Gasteiger partial charge < -0.3 is 4.42 Å². The van der Waals surface area contributed by atoms with E-state index in [1.807, 2.05) is 6.07 Å². The van der Waals surface area contributed by atoms with E-state index in [1.54, 1.807) is 6.26 Å². The van der Waals surface area contributed by atoms with E-state index in [-0.39, 0.29) is 0 Å². The third-order valence-electron chi connectivity index (χ3n) is 2.72. The molecule has 0 aliphatic heterocycles. The zero-order valence-electron chi connectivity index (χ0n) is 9.00. The fraction of sp³-hybridized carbons (Fsp3) is 0.385. The van der Waals surface area contributed by atoms with Gasteiger partial charge in [-0.3, -0.25) is 0 Å². The highest BCUT2D eigenvalue weighted by Gasteiger charge is 2.08. The van der Waals surface area contributed by atoms with Crippen LogP contribution in [0.5, 0.6) is 0 Å². The zero-order chi connectivity index (χ0) is 10.1. The Bertz CT molecular complexity index is 437. The molecule has 0 atom stereocenters. The molecule has 1 heterocycles. The summed E-state index contributed by atoms with van der Waals surface area (Å²) in [6, 6.07) is 6.45. The molecule has 0 spiro atoms. The standard InChI is InChI=1S/C13H16O/c1-4-10-8-13-11(5-6-14-13)7-12(10)9(2)3/h5-9H,4H2,1-3H3. The first-order valence-corrected chi connectivity index (χ1v) is 5.22. The molecule has 0 radical (unpaired) electrons. The van der Waals surface area contributed by atoms with Gasteiger partial charge in [0, 0.05) is 5.39 Å². The van der Waals surface area contributed by atoms with Gasteiger partial charge in [-0.1, -0.05) is 20.8 Å². The first-order valence-electron chi connectivity index (χ1n) is 5.22. The van der Waals surface area contributed by atoms with Gasteiger partial charge in [-0.15, -0.1) is 0 Å². The normalized spacial score (nSPS) is 11.4. The molecule has 0 bridgehead atoms. The van der Waals surface area contributed by atoms with Crippen LogP contribution in [0.15, 0.2) is 28.9 Å². The molecular weight excluding hydrogens is 172 g/mol. The number of furan rings is 1. The second-order valence-corrected chi connectivity index (χ2v) is 4.02. The van der Waals surface area contributed by atoms with Crippen molar-refractivity contribution in [2.45, 2.75) is 33.1 Å². The van der Waals surface area contributed by atoms with Crippen LogP contribution in [0.25, 0.3) is 11.0 Å². The largest absolute Gasteiger partial charge is 0.464 e. The molecule has 1 heteroatoms. The lowest BCUT2D eigenvalue weighted by Crippen LogP contribution is -1.94. The van der Waals surface area contributed by atoms with E-state index >= 15 is 0 Å². The van der Waals surface area contributed by atoms with E-state index in [1.165, 1.54) is 16.5 Å². The fourth-order valence-electron chi connectivity index (χ4n) is 1.91. The van der Waals surface area contributed by atoms with Gasteiger partial charge in [0.25, 0.3) is 0 Å². The summed E-state index contributed by atoms with van der Waals surface area (Å²) in [4.78, 5) is 0. The Kier molecular flexibility index (Phi) is 2.32. The lowest BCUT2D eigenvalue weighted by Gasteiger charge is -2.11. The monoisotopic (exact) mass is 188 g/mol. The smallest absolute Gasteiger partial charge is 0.134 e. The molecule has 0 saturated heterocycles. The van der Waals surface area contributed by atoms with Gasteiger partial charge in [0.05, 0.1) is 6.26 Å². The van der Waals surface area contributed by atoms with E-state index in [4.69, 9.17) is 4.42 Å². The summed E-state index contributed by atoms with van der Waals surface area (Å²) < 4.78 is 5.40. The Balaban J connectivity index is 2.66. The first kappa shape index (κ1) is 9.32. The molecule has 14 heavy (non-hydrogen) atoms. The number of hydrogen-bond acceptors (Lipinski definition) is 1. The number of benzene rings is 1. The van der Waals surface area contributed by atoms with Crippen molar-refractivity contribution in [2.75, 3.05) is 0 Å². The minimum absolute atomic E-state index is 0.587. The maximum absolute atomic E-state index is 5.40. The van der Waals surface area contributed by atoms with Crippen molar-refractivity contribution in [3.8, 4) is 0 Å². The van der Waals surface area contributed by atoms with Crippen molar-refractivity contribution in [1.29, 1.82) is 0 Å². The molecular formula is C13H16O. The topological polar surface area (TPSA) is 13.1 Å². The van der Waals surface area contributed by atoms with Gasteiger partial charge in [-0.25, -0.2) is 0 Å². The number of rotatable bonds is 2. The molecule has 0 aliphatic rings. The van der Waals surface area contributed by atoms with E-state index in [0.717, 1.165) is 12.0 Å². The van der Waals surface area contributed by atoms with Crippen molar-refractivity contribution in [2.24, 2.45) is 0 Å². The van der Waals surface area contributed by atoms with Gasteiger partial charge in [0.15, 0.2) is 0 Å². The SMILES string of the molecule is CCc1cc2occc2cc1C(C)C. The third kappa shape index (κ3) is 1.43. The molecule has 1 aromatic carbocycles. The molecule has 0 aliphatic carbocycles. The van der Waals surface area contributed by atoms with Crippen molar-refractivity contribution >= 4 is 11.0 Å². The molecule has 74 valence electrons. The lowest BCUT2D eigenvalue weighted by atomic mass is 9.94. The van der Waals surface area contributed by atoms with E-state index in [0.29, 0.717) is 5.92 Å². The minimum atomic E-state index is 0.587. The molecule has 2 aromatic rings. The van der Waals surface area contributed by atoms with E-state index < -0.39 is 0 Å². The van der Waals surface area contributed by atoms with Crippen molar-refractivity contribution < 1.29 is 4.42 Å². The van der Waals surface area contributed by atoms with Crippen LogP contribution in [-0.4, -0.2) is 0 Å². The van der Waals surface area contributed by atoms with Crippen LogP contribution in [0, 0.1) is 0 Å². The molecule has 0 amide bonds. The van der Waals surface area contributed by atoms with Crippen LogP contribution in [0.4, 0.5) is 0 Å². The maximum Gasteiger partial charge on any atom is 0.134 e. The minimum Gasteiger partial charge on any atom is -0.464 e. The van der Waals surface area contributed by atoms with Gasteiger partial charge in [-0.2, -0.15) is 0 Å². The Labute approximate surface area is 84.7 Å². The van der Waals surface area contributed by atoms with Gasteiger partial charge in [0.2, 0.25) is 0 Å². The Hall–Kier alpha value is -1.24. The number of aryl methyl sites for hydroxylation is 1. The summed E-state index contributed by atoms with van der Waals surface area (Å²) in [6.45, 7) is 6.66. The van der Waals surface area contributed by atoms with Crippen LogP contribution in [0.1, 0.15) is 37.8 Å². The van der Waals surface area contributed by atoms with Crippen molar-refractivity contribution in [3.05, 3.63) is 35.6 Å². The van der Waals surface area contributed by atoms with Gasteiger partial charge in [-0.05, 0) is 41.7 Å². The van der Waals surface area contributed by atoms with Crippen molar-refractivity contribution in [3.63, 3.8) is 0 Å². The quantitative estimate of drug-likeness (QED) is 0.691. The van der Waals surface area contributed by atoms with Crippen LogP contribution >= 0.6 is 0 Å². The summed E-state index contributed by atoms with van der Waals surface area (Å²) >= 11 is 0. The van der Waals surface area contributed by atoms with Crippen molar-refractivity contribution in [1.82, 2.24) is 0 Å². The summed E-state index contributed by atoms with van der Waals surface area (Å²) in [5, 5.41) is 1.21. The molecule has 0 unspecified atom stereocenters. The van der Waals surface area contributed by atoms with Gasteiger partial charge in [0.1, 0.15) is 5.58 Å². The molecule has 2 rings (SSSR count). The van der Waals surface area contributed by atoms with Crippen LogP contribution < -0.4 is 0 Å². The summed E-state index contributed by atoms with van der Waals surface area (Å²) in [7, 11) is 0. The molecule has 0 N–H and O–H groups in total. The molecule has 1 nitrogen and oxygen atoms in total.